The second-order valence-electron chi connectivity index (χ2n) is 1.99. The maximum Gasteiger partial charge on any atom is 0.177 e. The van der Waals surface area contributed by atoms with E-state index >= 15 is 0 Å². The maximum absolute atomic E-state index is 4.03. The molecule has 5 heteroatoms. The molecule has 0 saturated carbocycles. The number of rotatable bonds is 0. The summed E-state index contributed by atoms with van der Waals surface area (Å²) in [6, 6.07) is 0. The highest BCUT2D eigenvalue weighted by atomic mass is 79.9. The Labute approximate surface area is 71.7 Å². The minimum atomic E-state index is 0.732. The van der Waals surface area contributed by atoms with Gasteiger partial charge in [-0.1, -0.05) is 0 Å². The van der Waals surface area contributed by atoms with Gasteiger partial charge in [0.1, 0.15) is 0 Å². The average Bonchev–Trinajstić information content (AvgIpc) is 2.55. The van der Waals surface area contributed by atoms with E-state index in [1.165, 1.54) is 0 Å². The van der Waals surface area contributed by atoms with Crippen LogP contribution in [0.4, 0.5) is 0 Å². The van der Waals surface area contributed by atoms with Crippen molar-refractivity contribution in [2.75, 3.05) is 0 Å². The fraction of sp³-hybridized carbons (Fsp3) is 0. The van der Waals surface area contributed by atoms with Gasteiger partial charge in [-0.25, -0.2) is 4.68 Å². The van der Waals surface area contributed by atoms with Crippen LogP contribution in [0, 0.1) is 0 Å². The molecule has 1 radical (unpaired) electrons. The van der Waals surface area contributed by atoms with Crippen LogP contribution in [0.25, 0.3) is 0 Å². The normalized spacial score (nSPS) is 14.8. The Bertz CT molecular complexity index is 325. The molecule has 0 aliphatic carbocycles. The van der Waals surface area contributed by atoms with Crippen LogP contribution in [-0.2, 0) is 0 Å². The zero-order valence-corrected chi connectivity index (χ0v) is 7.06. The molecule has 0 unspecified atom stereocenters. The number of halogens is 1. The third-order valence-corrected chi connectivity index (χ3v) is 1.65. The first-order valence-corrected chi connectivity index (χ1v) is 3.80. The van der Waals surface area contributed by atoms with Crippen LogP contribution >= 0.6 is 15.9 Å². The van der Waals surface area contributed by atoms with Crippen LogP contribution in [-0.4, -0.2) is 15.6 Å². The molecule has 4 nitrogen and oxygen atoms in total. The van der Waals surface area contributed by atoms with Gasteiger partial charge in [0.05, 0.1) is 16.9 Å². The molecule has 0 atom stereocenters. The number of aromatic nitrogens is 2. The summed E-state index contributed by atoms with van der Waals surface area (Å²) in [5.74, 6) is 0.732. The molecule has 0 saturated heterocycles. The third-order valence-electron chi connectivity index (χ3n) is 1.24. The fourth-order valence-corrected chi connectivity index (χ4v) is 1.06. The zero-order chi connectivity index (χ0) is 7.68. The topological polar surface area (TPSA) is 44.3 Å². The Balaban J connectivity index is 2.36. The summed E-state index contributed by atoms with van der Waals surface area (Å²) in [6.07, 6.45) is 6.95. The predicted octanol–water partition coefficient (Wildman–Crippen LogP) is 0.939. The molecule has 2 heterocycles. The highest BCUT2D eigenvalue weighted by molar-refractivity contribution is 9.10. The molecule has 55 valence electrons. The van der Waals surface area contributed by atoms with Gasteiger partial charge in [0.15, 0.2) is 5.84 Å². The monoisotopic (exact) mass is 211 g/mol. The van der Waals surface area contributed by atoms with Gasteiger partial charge in [0.25, 0.3) is 0 Å². The summed E-state index contributed by atoms with van der Waals surface area (Å²) in [7, 11) is 0. The molecule has 11 heavy (non-hydrogen) atoms. The van der Waals surface area contributed by atoms with Gasteiger partial charge in [-0.05, 0) is 15.9 Å². The Kier molecular flexibility index (Phi) is 1.50. The molecule has 0 bridgehead atoms. The molecule has 0 fully saturated rings. The van der Waals surface area contributed by atoms with Gasteiger partial charge in [0, 0.05) is 12.3 Å². The standard InChI is InChI=1S/C6H4BrN4/c7-5-3-9-11(4-5)6-1-2-8-10-6/h1-4H. The molecular formula is C6H4BrN4. The molecule has 0 N–H and O–H groups in total. The second-order valence-corrected chi connectivity index (χ2v) is 2.91. The maximum atomic E-state index is 4.03. The van der Waals surface area contributed by atoms with Gasteiger partial charge in [-0.3, -0.25) is 0 Å². The molecule has 0 amide bonds. The molecule has 0 aromatic carbocycles. The van der Waals surface area contributed by atoms with Gasteiger partial charge in [-0.15, -0.1) is 5.10 Å². The molecule has 1 aliphatic heterocycles. The Hall–Kier alpha value is -1.10. The lowest BCUT2D eigenvalue weighted by Gasteiger charge is -1.92. The van der Waals surface area contributed by atoms with E-state index in [2.05, 4.69) is 31.6 Å². The Morgan fingerprint density at radius 3 is 2.91 bits per heavy atom. The van der Waals surface area contributed by atoms with Gasteiger partial charge < -0.3 is 0 Å². The number of allylic oxidation sites excluding steroid dienone is 1. The van der Waals surface area contributed by atoms with Crippen molar-refractivity contribution in [3.63, 3.8) is 0 Å². The van der Waals surface area contributed by atoms with Crippen molar-refractivity contribution in [2.45, 2.75) is 0 Å². The molecular weight excluding hydrogens is 208 g/mol. The SMILES string of the molecule is Brc1cnn(C2=N[N]C=C2)c1. The van der Waals surface area contributed by atoms with Crippen LogP contribution in [0.3, 0.4) is 0 Å². The van der Waals surface area contributed by atoms with Crippen molar-refractivity contribution in [1.82, 2.24) is 15.2 Å². The van der Waals surface area contributed by atoms with Crippen LogP contribution in [0.15, 0.2) is 34.2 Å². The van der Waals surface area contributed by atoms with Gasteiger partial charge in [0.2, 0.25) is 0 Å². The average molecular weight is 212 g/mol. The van der Waals surface area contributed by atoms with Crippen molar-refractivity contribution in [3.8, 4) is 0 Å². The summed E-state index contributed by atoms with van der Waals surface area (Å²) < 4.78 is 2.58. The zero-order valence-electron chi connectivity index (χ0n) is 5.48. The lowest BCUT2D eigenvalue weighted by Crippen LogP contribution is -2.07. The van der Waals surface area contributed by atoms with Gasteiger partial charge >= 0.3 is 0 Å². The highest BCUT2D eigenvalue weighted by Gasteiger charge is 2.03. The lowest BCUT2D eigenvalue weighted by atomic mass is 10.6. The van der Waals surface area contributed by atoms with E-state index in [4.69, 9.17) is 0 Å². The Morgan fingerprint density at radius 2 is 2.36 bits per heavy atom. The molecule has 1 aromatic heterocycles. The number of hydrogen-bond acceptors (Lipinski definition) is 2. The van der Waals surface area contributed by atoms with Crippen molar-refractivity contribution in [1.29, 1.82) is 0 Å². The highest BCUT2D eigenvalue weighted by Crippen LogP contribution is 2.07. The largest absolute Gasteiger partial charge is 0.220 e. The second kappa shape index (κ2) is 2.50. The van der Waals surface area contributed by atoms with E-state index in [0.717, 1.165) is 10.3 Å². The first kappa shape index (κ1) is 6.60. The van der Waals surface area contributed by atoms with Crippen molar-refractivity contribution in [3.05, 3.63) is 29.1 Å². The number of hydrogen-bond donors (Lipinski definition) is 0. The first-order chi connectivity index (χ1) is 5.36. The van der Waals surface area contributed by atoms with E-state index in [1.807, 2.05) is 6.20 Å². The molecule has 1 aliphatic rings. The quantitative estimate of drug-likeness (QED) is 0.631. The van der Waals surface area contributed by atoms with Crippen LogP contribution < -0.4 is 5.43 Å². The summed E-state index contributed by atoms with van der Waals surface area (Å²) in [6.45, 7) is 0. The summed E-state index contributed by atoms with van der Waals surface area (Å²) in [5.41, 5.74) is 3.68. The predicted molar refractivity (Wildman–Crippen MR) is 44.0 cm³/mol. The summed E-state index contributed by atoms with van der Waals surface area (Å²) in [4.78, 5) is 0. The molecule has 0 spiro atoms. The van der Waals surface area contributed by atoms with Gasteiger partial charge in [-0.2, -0.15) is 10.5 Å². The minimum absolute atomic E-state index is 0.732. The lowest BCUT2D eigenvalue weighted by molar-refractivity contribution is 0.901. The molecule has 2 rings (SSSR count). The van der Waals surface area contributed by atoms with Crippen LogP contribution in [0.5, 0.6) is 0 Å². The minimum Gasteiger partial charge on any atom is -0.220 e. The van der Waals surface area contributed by atoms with Crippen LogP contribution in [0.1, 0.15) is 0 Å². The van der Waals surface area contributed by atoms with E-state index in [1.54, 1.807) is 23.2 Å². The fourth-order valence-electron chi connectivity index (χ4n) is 0.774. The molecule has 1 aromatic rings. The third kappa shape index (κ3) is 1.19. The Morgan fingerprint density at radius 1 is 1.45 bits per heavy atom. The van der Waals surface area contributed by atoms with E-state index < -0.39 is 0 Å². The van der Waals surface area contributed by atoms with Crippen molar-refractivity contribution >= 4 is 21.8 Å². The van der Waals surface area contributed by atoms with E-state index in [-0.39, 0.29) is 0 Å². The van der Waals surface area contributed by atoms with E-state index in [0.29, 0.717) is 0 Å². The van der Waals surface area contributed by atoms with Crippen LogP contribution in [0.2, 0.25) is 0 Å². The summed E-state index contributed by atoms with van der Waals surface area (Å²) in [5, 5.41) is 7.85. The first-order valence-electron chi connectivity index (χ1n) is 3.01. The van der Waals surface area contributed by atoms with Crippen molar-refractivity contribution in [2.24, 2.45) is 5.10 Å². The smallest absolute Gasteiger partial charge is 0.177 e. The number of nitrogens with zero attached hydrogens (tertiary/aromatic N) is 4. The summed E-state index contributed by atoms with van der Waals surface area (Å²) >= 11 is 3.29. The van der Waals surface area contributed by atoms with E-state index in [9.17, 15) is 0 Å². The van der Waals surface area contributed by atoms with Crippen molar-refractivity contribution < 1.29 is 0 Å².